The third kappa shape index (κ3) is 6.04. The van der Waals surface area contributed by atoms with Gasteiger partial charge in [-0.25, -0.2) is 13.4 Å². The molecule has 11 heteroatoms. The summed E-state index contributed by atoms with van der Waals surface area (Å²) in [5.41, 5.74) is 1.73. The Morgan fingerprint density at radius 1 is 1.08 bits per heavy atom. The highest BCUT2D eigenvalue weighted by atomic mass is 35.5. The van der Waals surface area contributed by atoms with Gasteiger partial charge < -0.3 is 5.32 Å². The van der Waals surface area contributed by atoms with Gasteiger partial charge in [0.15, 0.2) is 0 Å². The van der Waals surface area contributed by atoms with E-state index in [1.54, 1.807) is 21.1 Å². The normalized spacial score (nSPS) is 11.9. The first-order valence-electron chi connectivity index (χ1n) is 12.3. The number of nitrogens with zero attached hydrogens (tertiary/aromatic N) is 4. The van der Waals surface area contributed by atoms with Gasteiger partial charge in [-0.15, -0.1) is 0 Å². The Balaban J connectivity index is 1.55. The molecule has 0 atom stereocenters. The first-order chi connectivity index (χ1) is 17.7. The van der Waals surface area contributed by atoms with Crippen LogP contribution in [0.4, 0.5) is 5.82 Å². The van der Waals surface area contributed by atoms with Crippen LogP contribution in [0.2, 0.25) is 5.02 Å². The molecule has 0 bridgehead atoms. The first kappa shape index (κ1) is 27.3. The summed E-state index contributed by atoms with van der Waals surface area (Å²) in [5.74, 6) is 0.0812. The van der Waals surface area contributed by atoms with Gasteiger partial charge in [0.1, 0.15) is 11.3 Å². The van der Waals surface area contributed by atoms with E-state index in [2.05, 4.69) is 15.4 Å². The van der Waals surface area contributed by atoms with E-state index in [-0.39, 0.29) is 10.8 Å². The molecule has 196 valence electrons. The van der Waals surface area contributed by atoms with Crippen LogP contribution in [0, 0.1) is 6.92 Å². The summed E-state index contributed by atoms with van der Waals surface area (Å²) in [5, 5.41) is 8.49. The highest BCUT2D eigenvalue weighted by Crippen LogP contribution is 2.31. The molecular weight excluding hydrogens is 530 g/mol. The Morgan fingerprint density at radius 2 is 1.76 bits per heavy atom. The second kappa shape index (κ2) is 11.7. The van der Waals surface area contributed by atoms with Crippen molar-refractivity contribution in [1.82, 2.24) is 19.1 Å². The van der Waals surface area contributed by atoms with Crippen LogP contribution in [0.3, 0.4) is 0 Å². The van der Waals surface area contributed by atoms with E-state index in [0.717, 1.165) is 30.4 Å². The average molecular weight is 560 g/mol. The molecule has 2 heterocycles. The topological polar surface area (TPSA) is 97.2 Å². The molecular formula is C26H30ClN5O3S2. The Bertz CT molecular complexity index is 1490. The zero-order valence-electron chi connectivity index (χ0n) is 21.1. The van der Waals surface area contributed by atoms with E-state index < -0.39 is 10.0 Å². The fraction of sp³-hybridized carbons (Fsp3) is 0.346. The number of hydrogen-bond acceptors (Lipinski definition) is 6. The van der Waals surface area contributed by atoms with Crippen molar-refractivity contribution >= 4 is 54.9 Å². The molecule has 0 aliphatic rings. The van der Waals surface area contributed by atoms with Gasteiger partial charge in [0, 0.05) is 24.7 Å². The average Bonchev–Trinajstić information content (AvgIpc) is 3.48. The summed E-state index contributed by atoms with van der Waals surface area (Å²) in [6.45, 7) is 6.88. The maximum atomic E-state index is 13.2. The van der Waals surface area contributed by atoms with Gasteiger partial charge in [-0.05, 0) is 56.2 Å². The number of thiazole rings is 1. The molecule has 0 saturated carbocycles. The predicted octanol–water partition coefficient (Wildman–Crippen LogP) is 6.29. The minimum absolute atomic E-state index is 0.184. The van der Waals surface area contributed by atoms with Gasteiger partial charge in [-0.1, -0.05) is 55.7 Å². The number of anilines is 1. The molecule has 4 aromatic rings. The molecule has 0 aliphatic heterocycles. The number of benzene rings is 2. The second-order valence-electron chi connectivity index (χ2n) is 8.76. The van der Waals surface area contributed by atoms with E-state index in [0.29, 0.717) is 45.8 Å². The molecule has 0 fully saturated rings. The first-order valence-corrected chi connectivity index (χ1v) is 14.9. The van der Waals surface area contributed by atoms with E-state index in [1.165, 1.54) is 35.6 Å². The third-order valence-electron chi connectivity index (χ3n) is 5.89. The monoisotopic (exact) mass is 559 g/mol. The van der Waals surface area contributed by atoms with Crippen molar-refractivity contribution in [3.63, 3.8) is 0 Å². The predicted molar refractivity (Wildman–Crippen MR) is 149 cm³/mol. The van der Waals surface area contributed by atoms with Crippen LogP contribution in [0.1, 0.15) is 55.6 Å². The van der Waals surface area contributed by atoms with Crippen LogP contribution in [-0.4, -0.2) is 46.5 Å². The molecule has 1 amide bonds. The number of carbonyl (C=O) groups excluding carboxylic acids is 1. The van der Waals surface area contributed by atoms with Crippen LogP contribution in [0.25, 0.3) is 15.3 Å². The summed E-state index contributed by atoms with van der Waals surface area (Å²) in [6.07, 6.45) is 3.43. The van der Waals surface area contributed by atoms with Gasteiger partial charge in [-0.2, -0.15) is 14.1 Å². The largest absolute Gasteiger partial charge is 0.306 e. The van der Waals surface area contributed by atoms with Crippen molar-refractivity contribution in [3.05, 3.63) is 64.8 Å². The quantitative estimate of drug-likeness (QED) is 0.233. The molecule has 2 aromatic heterocycles. The molecule has 37 heavy (non-hydrogen) atoms. The Kier molecular flexibility index (Phi) is 8.63. The Hall–Kier alpha value is -2.79. The number of fused-ring (bicyclic) bond motifs is 1. The summed E-state index contributed by atoms with van der Waals surface area (Å²) >= 11 is 7.70. The number of hydrogen-bond donors (Lipinski definition) is 1. The highest BCUT2D eigenvalue weighted by Gasteiger charge is 2.24. The van der Waals surface area contributed by atoms with Crippen molar-refractivity contribution < 1.29 is 13.2 Å². The molecule has 0 spiro atoms. The number of carbonyl (C=O) groups is 1. The number of amides is 1. The molecule has 8 nitrogen and oxygen atoms in total. The zero-order valence-corrected chi connectivity index (χ0v) is 23.5. The fourth-order valence-corrected chi connectivity index (χ4v) is 6.61. The molecule has 0 saturated heterocycles. The van der Waals surface area contributed by atoms with Crippen molar-refractivity contribution in [3.8, 4) is 5.13 Å². The molecule has 2 aromatic carbocycles. The van der Waals surface area contributed by atoms with E-state index in [4.69, 9.17) is 11.6 Å². The standard InChI is InChI=1S/C26H30ClN5O3S2/c1-4-6-15-31(16-7-5-2)37(34,35)20-13-11-19(12-14-20)25(33)28-23-17-18(3)30-32(23)26-29-24-21(27)9-8-10-22(24)36-26/h8-14,17H,4-7,15-16H2,1-3H3,(H,28,33). The SMILES string of the molecule is CCCCN(CCCC)S(=O)(=O)c1ccc(C(=O)Nc2cc(C)nn2-c2nc3c(Cl)cccc3s2)cc1. The fourth-order valence-electron chi connectivity index (χ4n) is 3.87. The number of aromatic nitrogens is 3. The lowest BCUT2D eigenvalue weighted by Gasteiger charge is -2.22. The smallest absolute Gasteiger partial charge is 0.256 e. The van der Waals surface area contributed by atoms with Crippen LogP contribution in [-0.2, 0) is 10.0 Å². The van der Waals surface area contributed by atoms with Crippen LogP contribution < -0.4 is 5.32 Å². The van der Waals surface area contributed by atoms with Crippen molar-refractivity contribution in [2.75, 3.05) is 18.4 Å². The summed E-state index contributed by atoms with van der Waals surface area (Å²) in [7, 11) is -3.63. The number of aryl methyl sites for hydroxylation is 1. The van der Waals surface area contributed by atoms with Gasteiger partial charge >= 0.3 is 0 Å². The molecule has 0 radical (unpaired) electrons. The van der Waals surface area contributed by atoms with E-state index >= 15 is 0 Å². The van der Waals surface area contributed by atoms with Gasteiger partial charge in [0.05, 0.1) is 20.3 Å². The Morgan fingerprint density at radius 3 is 2.38 bits per heavy atom. The maximum absolute atomic E-state index is 13.2. The Labute approximate surface area is 226 Å². The van der Waals surface area contributed by atoms with Crippen LogP contribution in [0.5, 0.6) is 0 Å². The zero-order chi connectivity index (χ0) is 26.6. The third-order valence-corrected chi connectivity index (χ3v) is 9.10. The molecule has 0 unspecified atom stereocenters. The number of sulfonamides is 1. The van der Waals surface area contributed by atoms with Gasteiger partial charge in [-0.3, -0.25) is 4.79 Å². The number of unbranched alkanes of at least 4 members (excludes halogenated alkanes) is 2. The van der Waals surface area contributed by atoms with Crippen LogP contribution in [0.15, 0.2) is 53.4 Å². The lowest BCUT2D eigenvalue weighted by atomic mass is 10.2. The van der Waals surface area contributed by atoms with Crippen molar-refractivity contribution in [1.29, 1.82) is 0 Å². The maximum Gasteiger partial charge on any atom is 0.256 e. The van der Waals surface area contributed by atoms with E-state index in [1.807, 2.05) is 32.9 Å². The van der Waals surface area contributed by atoms with Crippen molar-refractivity contribution in [2.24, 2.45) is 0 Å². The molecule has 0 aliphatic carbocycles. The lowest BCUT2D eigenvalue weighted by molar-refractivity contribution is 0.102. The van der Waals surface area contributed by atoms with Gasteiger partial charge in [0.2, 0.25) is 15.2 Å². The lowest BCUT2D eigenvalue weighted by Crippen LogP contribution is -2.33. The highest BCUT2D eigenvalue weighted by molar-refractivity contribution is 7.89. The number of halogens is 1. The van der Waals surface area contributed by atoms with Crippen LogP contribution >= 0.6 is 22.9 Å². The minimum Gasteiger partial charge on any atom is -0.306 e. The second-order valence-corrected chi connectivity index (χ2v) is 12.1. The summed E-state index contributed by atoms with van der Waals surface area (Å²) in [6, 6.07) is 13.4. The minimum atomic E-state index is -3.63. The molecule has 1 N–H and O–H groups in total. The van der Waals surface area contributed by atoms with Gasteiger partial charge in [0.25, 0.3) is 5.91 Å². The van der Waals surface area contributed by atoms with E-state index in [9.17, 15) is 13.2 Å². The summed E-state index contributed by atoms with van der Waals surface area (Å²) in [4.78, 5) is 17.8. The number of rotatable bonds is 11. The van der Waals surface area contributed by atoms with Crippen molar-refractivity contribution in [2.45, 2.75) is 51.3 Å². The number of nitrogens with one attached hydrogen (secondary N) is 1. The summed E-state index contributed by atoms with van der Waals surface area (Å²) < 4.78 is 30.5. The molecule has 4 rings (SSSR count). The number of para-hydroxylation sites is 1.